The minimum absolute atomic E-state index is 0.0379. The third kappa shape index (κ3) is 5.78. The molecule has 1 amide bonds. The quantitative estimate of drug-likeness (QED) is 0.342. The number of halogens is 2. The zero-order valence-electron chi connectivity index (χ0n) is 19.7. The van der Waals surface area contributed by atoms with E-state index in [0.29, 0.717) is 29.1 Å². The molecule has 0 aliphatic carbocycles. The molecule has 0 aliphatic heterocycles. The van der Waals surface area contributed by atoms with Crippen LogP contribution in [0.25, 0.3) is 11.1 Å². The van der Waals surface area contributed by atoms with Gasteiger partial charge in [0.05, 0.1) is 13.7 Å². The van der Waals surface area contributed by atoms with Crippen LogP contribution in [0.2, 0.25) is 0 Å². The molecular weight excluding hydrogens is 466 g/mol. The molecule has 0 bridgehead atoms. The SMILES string of the molecule is COc1ccc(-c2cc(NC(=O)c3cccn(Cc4cccc(C)c4)c3=O)ccc2OC(F)F)cc1. The Hall–Kier alpha value is -4.46. The van der Waals surface area contributed by atoms with Gasteiger partial charge in [-0.2, -0.15) is 8.78 Å². The van der Waals surface area contributed by atoms with Gasteiger partial charge in [-0.15, -0.1) is 0 Å². The molecule has 0 saturated carbocycles. The molecule has 0 unspecified atom stereocenters. The molecule has 1 N–H and O–H groups in total. The van der Waals surface area contributed by atoms with Crippen LogP contribution in [0.4, 0.5) is 14.5 Å². The molecule has 0 saturated heterocycles. The van der Waals surface area contributed by atoms with Crippen molar-refractivity contribution in [2.24, 2.45) is 0 Å². The predicted molar refractivity (Wildman–Crippen MR) is 134 cm³/mol. The maximum absolute atomic E-state index is 13.0. The Morgan fingerprint density at radius 3 is 2.47 bits per heavy atom. The van der Waals surface area contributed by atoms with Crippen molar-refractivity contribution >= 4 is 11.6 Å². The van der Waals surface area contributed by atoms with Crippen molar-refractivity contribution < 1.29 is 23.0 Å². The first-order chi connectivity index (χ1) is 17.3. The number of nitrogens with one attached hydrogen (secondary N) is 1. The summed E-state index contributed by atoms with van der Waals surface area (Å²) < 4.78 is 37.2. The van der Waals surface area contributed by atoms with E-state index in [0.717, 1.165) is 11.1 Å². The minimum atomic E-state index is -3.02. The van der Waals surface area contributed by atoms with Crippen LogP contribution >= 0.6 is 0 Å². The summed E-state index contributed by atoms with van der Waals surface area (Å²) in [6.45, 7) is -0.727. The lowest BCUT2D eigenvalue weighted by Crippen LogP contribution is -2.29. The standard InChI is InChI=1S/C28H24F2N2O4/c1-18-5-3-6-19(15-18)17-32-14-4-7-23(27(32)34)26(33)31-21-10-13-25(36-28(29)30)24(16-21)20-8-11-22(35-2)12-9-20/h3-16,28H,17H2,1-2H3,(H,31,33). The van der Waals surface area contributed by atoms with Gasteiger partial charge in [0, 0.05) is 17.4 Å². The van der Waals surface area contributed by atoms with Gasteiger partial charge in [0.15, 0.2) is 0 Å². The lowest BCUT2D eigenvalue weighted by atomic mass is 10.0. The minimum Gasteiger partial charge on any atom is -0.497 e. The molecule has 0 fully saturated rings. The van der Waals surface area contributed by atoms with Crippen LogP contribution < -0.4 is 20.3 Å². The fourth-order valence-electron chi connectivity index (χ4n) is 3.84. The number of methoxy groups -OCH3 is 1. The third-order valence-electron chi connectivity index (χ3n) is 5.55. The van der Waals surface area contributed by atoms with Gasteiger partial charge in [-0.3, -0.25) is 9.59 Å². The second-order valence-corrected chi connectivity index (χ2v) is 8.12. The summed E-state index contributed by atoms with van der Waals surface area (Å²) in [5.41, 5.74) is 2.78. The van der Waals surface area contributed by atoms with Crippen molar-refractivity contribution in [2.45, 2.75) is 20.1 Å². The number of anilines is 1. The number of rotatable bonds is 8. The molecule has 6 nitrogen and oxygen atoms in total. The lowest BCUT2D eigenvalue weighted by molar-refractivity contribution is -0.0494. The zero-order chi connectivity index (χ0) is 25.7. The highest BCUT2D eigenvalue weighted by Crippen LogP contribution is 2.34. The van der Waals surface area contributed by atoms with Crippen molar-refractivity contribution in [2.75, 3.05) is 12.4 Å². The molecular formula is C28H24F2N2O4. The Labute approximate surface area is 206 Å². The monoisotopic (exact) mass is 490 g/mol. The number of aryl methyl sites for hydroxylation is 1. The van der Waals surface area contributed by atoms with E-state index in [-0.39, 0.29) is 11.3 Å². The molecule has 3 aromatic carbocycles. The molecule has 4 aromatic rings. The van der Waals surface area contributed by atoms with Gasteiger partial charge in [-0.05, 0) is 60.5 Å². The fourth-order valence-corrected chi connectivity index (χ4v) is 3.84. The predicted octanol–water partition coefficient (Wildman–Crippen LogP) is 5.73. The van der Waals surface area contributed by atoms with Gasteiger partial charge in [0.2, 0.25) is 0 Å². The van der Waals surface area contributed by atoms with Crippen molar-refractivity contribution in [1.82, 2.24) is 4.57 Å². The average Bonchev–Trinajstić information content (AvgIpc) is 2.86. The Morgan fingerprint density at radius 2 is 1.78 bits per heavy atom. The highest BCUT2D eigenvalue weighted by Gasteiger charge is 2.16. The molecule has 0 spiro atoms. The molecule has 8 heteroatoms. The number of hydrogen-bond acceptors (Lipinski definition) is 4. The molecule has 4 rings (SSSR count). The van der Waals surface area contributed by atoms with E-state index in [4.69, 9.17) is 4.74 Å². The Balaban J connectivity index is 1.61. The zero-order valence-corrected chi connectivity index (χ0v) is 19.7. The first-order valence-electron chi connectivity index (χ1n) is 11.1. The first kappa shape index (κ1) is 24.7. The Bertz CT molecular complexity index is 1430. The number of amides is 1. The summed E-state index contributed by atoms with van der Waals surface area (Å²) >= 11 is 0. The number of aromatic nitrogens is 1. The van der Waals surface area contributed by atoms with Gasteiger partial charge < -0.3 is 19.4 Å². The van der Waals surface area contributed by atoms with Crippen molar-refractivity contribution in [3.8, 4) is 22.6 Å². The Kier molecular flexibility index (Phi) is 7.44. The van der Waals surface area contributed by atoms with E-state index in [2.05, 4.69) is 10.1 Å². The Morgan fingerprint density at radius 1 is 1.00 bits per heavy atom. The number of carbonyl (C=O) groups excluding carboxylic acids is 1. The smallest absolute Gasteiger partial charge is 0.387 e. The van der Waals surface area contributed by atoms with E-state index in [1.54, 1.807) is 36.5 Å². The molecule has 0 radical (unpaired) electrons. The summed E-state index contributed by atoms with van der Waals surface area (Å²) in [6, 6.07) is 21.9. The maximum atomic E-state index is 13.0. The number of alkyl halides is 2. The van der Waals surface area contributed by atoms with Crippen molar-refractivity contribution in [3.05, 3.63) is 112 Å². The lowest BCUT2D eigenvalue weighted by Gasteiger charge is -2.14. The average molecular weight is 491 g/mol. The second kappa shape index (κ2) is 10.9. The summed E-state index contributed by atoms with van der Waals surface area (Å²) in [5, 5.41) is 2.69. The highest BCUT2D eigenvalue weighted by atomic mass is 19.3. The highest BCUT2D eigenvalue weighted by molar-refractivity contribution is 6.04. The van der Waals surface area contributed by atoms with E-state index < -0.39 is 18.1 Å². The van der Waals surface area contributed by atoms with E-state index in [9.17, 15) is 18.4 Å². The number of ether oxygens (including phenoxy) is 2. The van der Waals surface area contributed by atoms with Crippen LogP contribution in [0.5, 0.6) is 11.5 Å². The number of nitrogens with zero attached hydrogens (tertiary/aromatic N) is 1. The fraction of sp³-hybridized carbons (Fsp3) is 0.143. The van der Waals surface area contributed by atoms with Crippen LogP contribution in [-0.4, -0.2) is 24.2 Å². The number of pyridine rings is 1. The summed E-state index contributed by atoms with van der Waals surface area (Å²) in [4.78, 5) is 26.0. The second-order valence-electron chi connectivity index (χ2n) is 8.12. The first-order valence-corrected chi connectivity index (χ1v) is 11.1. The van der Waals surface area contributed by atoms with Crippen LogP contribution in [0.1, 0.15) is 21.5 Å². The molecule has 36 heavy (non-hydrogen) atoms. The van der Waals surface area contributed by atoms with Gasteiger partial charge >= 0.3 is 6.61 Å². The summed E-state index contributed by atoms with van der Waals surface area (Å²) in [5.74, 6) is -0.0549. The van der Waals surface area contributed by atoms with Crippen LogP contribution in [0.15, 0.2) is 89.9 Å². The summed E-state index contributed by atoms with van der Waals surface area (Å²) in [7, 11) is 1.52. The van der Waals surface area contributed by atoms with Gasteiger partial charge in [0.1, 0.15) is 17.1 Å². The molecule has 184 valence electrons. The maximum Gasteiger partial charge on any atom is 0.387 e. The number of benzene rings is 3. The largest absolute Gasteiger partial charge is 0.497 e. The van der Waals surface area contributed by atoms with Crippen molar-refractivity contribution in [1.29, 1.82) is 0 Å². The molecule has 0 atom stereocenters. The van der Waals surface area contributed by atoms with E-state index in [1.165, 1.54) is 35.9 Å². The van der Waals surface area contributed by atoms with Crippen LogP contribution in [0.3, 0.4) is 0 Å². The number of carbonyl (C=O) groups is 1. The third-order valence-corrected chi connectivity index (χ3v) is 5.55. The number of hydrogen-bond donors (Lipinski definition) is 1. The topological polar surface area (TPSA) is 69.6 Å². The summed E-state index contributed by atoms with van der Waals surface area (Å²) in [6.07, 6.45) is 1.62. The molecule has 1 heterocycles. The van der Waals surface area contributed by atoms with E-state index in [1.807, 2.05) is 31.2 Å². The van der Waals surface area contributed by atoms with Crippen molar-refractivity contribution in [3.63, 3.8) is 0 Å². The molecule has 0 aliphatic rings. The van der Waals surface area contributed by atoms with Crippen LogP contribution in [-0.2, 0) is 6.54 Å². The normalized spacial score (nSPS) is 10.8. The van der Waals surface area contributed by atoms with Crippen LogP contribution in [0, 0.1) is 6.92 Å². The van der Waals surface area contributed by atoms with Gasteiger partial charge in [-0.25, -0.2) is 0 Å². The van der Waals surface area contributed by atoms with Gasteiger partial charge in [-0.1, -0.05) is 42.0 Å². The van der Waals surface area contributed by atoms with Gasteiger partial charge in [0.25, 0.3) is 11.5 Å². The van der Waals surface area contributed by atoms with E-state index >= 15 is 0 Å². The molecule has 1 aromatic heterocycles.